The lowest BCUT2D eigenvalue weighted by molar-refractivity contribution is 0.217. The molecule has 4 nitrogen and oxygen atoms in total. The van der Waals surface area contributed by atoms with E-state index < -0.39 is 0 Å². The molecule has 2 unspecified atom stereocenters. The Balaban J connectivity index is 2.07. The zero-order valence-electron chi connectivity index (χ0n) is 12.5. The van der Waals surface area contributed by atoms with Crippen molar-refractivity contribution in [2.45, 2.75) is 31.8 Å². The van der Waals surface area contributed by atoms with Crippen LogP contribution in [0.4, 0.5) is 0 Å². The smallest absolute Gasteiger partial charge is 0.0624 e. The maximum Gasteiger partial charge on any atom is 0.0624 e. The van der Waals surface area contributed by atoms with Crippen molar-refractivity contribution < 1.29 is 0 Å². The number of hydrogen-bond acceptors (Lipinski definition) is 4. The second-order valence-corrected chi connectivity index (χ2v) is 6.48. The van der Waals surface area contributed by atoms with Gasteiger partial charge >= 0.3 is 0 Å². The van der Waals surface area contributed by atoms with Crippen LogP contribution in [0.25, 0.3) is 0 Å². The number of aryl methyl sites for hydroxylation is 2. The van der Waals surface area contributed by atoms with Crippen LogP contribution in [-0.2, 0) is 19.9 Å². The Morgan fingerprint density at radius 3 is 2.89 bits per heavy atom. The summed E-state index contributed by atoms with van der Waals surface area (Å²) in [4.78, 5) is 2.49. The summed E-state index contributed by atoms with van der Waals surface area (Å²) >= 11 is 2.07. The van der Waals surface area contributed by atoms with E-state index in [2.05, 4.69) is 61.2 Å². The number of nitrogens with zero attached hydrogens (tertiary/aromatic N) is 3. The van der Waals surface area contributed by atoms with Crippen LogP contribution >= 0.6 is 11.8 Å². The van der Waals surface area contributed by atoms with Gasteiger partial charge in [0.15, 0.2) is 0 Å². The lowest BCUT2D eigenvalue weighted by Gasteiger charge is -2.37. The molecular weight excluding hydrogens is 256 g/mol. The molecule has 2 atom stereocenters. The van der Waals surface area contributed by atoms with Crippen LogP contribution in [0.15, 0.2) is 6.07 Å². The predicted molar refractivity (Wildman–Crippen MR) is 82.9 cm³/mol. The molecule has 0 bridgehead atoms. The highest BCUT2D eigenvalue weighted by Gasteiger charge is 2.27. The summed E-state index contributed by atoms with van der Waals surface area (Å²) in [6.45, 7) is 3.35. The molecule has 5 heteroatoms. The summed E-state index contributed by atoms with van der Waals surface area (Å²) in [5, 5.41) is 8.06. The van der Waals surface area contributed by atoms with Gasteiger partial charge in [-0.2, -0.15) is 16.9 Å². The first-order chi connectivity index (χ1) is 9.15. The van der Waals surface area contributed by atoms with Gasteiger partial charge in [-0.05, 0) is 26.6 Å². The lowest BCUT2D eigenvalue weighted by Crippen LogP contribution is -2.52. The Morgan fingerprint density at radius 2 is 2.32 bits per heavy atom. The number of nitrogens with one attached hydrogen (secondary N) is 1. The minimum Gasteiger partial charge on any atom is -0.315 e. The van der Waals surface area contributed by atoms with Crippen LogP contribution in [0.3, 0.4) is 0 Å². The molecule has 1 aromatic heterocycles. The van der Waals surface area contributed by atoms with Gasteiger partial charge in [-0.1, -0.05) is 6.92 Å². The predicted octanol–water partition coefficient (Wildman–Crippen LogP) is 1.16. The SMILES string of the molecule is CCc1cc(CC(NC)C2CSCCN2C)n(C)n1. The number of hydrogen-bond donors (Lipinski definition) is 1. The van der Waals surface area contributed by atoms with Gasteiger partial charge in [-0.25, -0.2) is 0 Å². The summed E-state index contributed by atoms with van der Waals surface area (Å²) < 4.78 is 2.04. The first-order valence-corrected chi connectivity index (χ1v) is 8.28. The molecule has 0 aliphatic carbocycles. The summed E-state index contributed by atoms with van der Waals surface area (Å²) in [7, 11) is 6.38. The molecule has 2 rings (SSSR count). The van der Waals surface area contributed by atoms with E-state index in [-0.39, 0.29) is 0 Å². The molecule has 1 saturated heterocycles. The molecule has 0 amide bonds. The van der Waals surface area contributed by atoms with Crippen molar-refractivity contribution in [3.63, 3.8) is 0 Å². The quantitative estimate of drug-likeness (QED) is 0.878. The number of thioether (sulfide) groups is 1. The van der Waals surface area contributed by atoms with E-state index in [0.717, 1.165) is 12.8 Å². The average Bonchev–Trinajstić information content (AvgIpc) is 2.77. The van der Waals surface area contributed by atoms with E-state index in [0.29, 0.717) is 12.1 Å². The monoisotopic (exact) mass is 282 g/mol. The highest BCUT2D eigenvalue weighted by Crippen LogP contribution is 2.20. The van der Waals surface area contributed by atoms with E-state index in [1.54, 1.807) is 0 Å². The van der Waals surface area contributed by atoms with Gasteiger partial charge in [0.1, 0.15) is 0 Å². The van der Waals surface area contributed by atoms with E-state index >= 15 is 0 Å². The molecular formula is C14H26N4S. The van der Waals surface area contributed by atoms with Crippen LogP contribution in [0, 0.1) is 0 Å². The molecule has 1 N–H and O–H groups in total. The number of likely N-dealkylation sites (N-methyl/N-ethyl adjacent to an activating group) is 2. The van der Waals surface area contributed by atoms with Gasteiger partial charge in [0, 0.05) is 49.3 Å². The Hall–Kier alpha value is -0.520. The molecule has 19 heavy (non-hydrogen) atoms. The maximum absolute atomic E-state index is 4.55. The molecule has 108 valence electrons. The zero-order chi connectivity index (χ0) is 13.8. The van der Waals surface area contributed by atoms with E-state index in [1.165, 1.54) is 29.4 Å². The third-order valence-electron chi connectivity index (χ3n) is 4.10. The van der Waals surface area contributed by atoms with E-state index in [1.807, 2.05) is 4.68 Å². The highest BCUT2D eigenvalue weighted by molar-refractivity contribution is 7.99. The largest absolute Gasteiger partial charge is 0.315 e. The molecule has 1 aliphatic heterocycles. The molecule has 0 radical (unpaired) electrons. The van der Waals surface area contributed by atoms with Crippen molar-refractivity contribution in [1.82, 2.24) is 20.0 Å². The van der Waals surface area contributed by atoms with Crippen molar-refractivity contribution in [2.24, 2.45) is 7.05 Å². The van der Waals surface area contributed by atoms with Crippen molar-refractivity contribution in [1.29, 1.82) is 0 Å². The molecule has 1 fully saturated rings. The first-order valence-electron chi connectivity index (χ1n) is 7.12. The second-order valence-electron chi connectivity index (χ2n) is 5.33. The first kappa shape index (κ1) is 14.9. The summed E-state index contributed by atoms with van der Waals surface area (Å²) in [5.41, 5.74) is 2.53. The molecule has 0 aromatic carbocycles. The Kier molecular flexibility index (Phi) is 5.30. The minimum atomic E-state index is 0.498. The second kappa shape index (κ2) is 6.77. The van der Waals surface area contributed by atoms with Gasteiger partial charge in [0.25, 0.3) is 0 Å². The van der Waals surface area contributed by atoms with Crippen molar-refractivity contribution in [3.8, 4) is 0 Å². The Labute approximate surface area is 120 Å². The van der Waals surface area contributed by atoms with Crippen molar-refractivity contribution in [3.05, 3.63) is 17.5 Å². The molecule has 1 aromatic rings. The Morgan fingerprint density at radius 1 is 1.53 bits per heavy atom. The fourth-order valence-corrected chi connectivity index (χ4v) is 4.03. The summed E-state index contributed by atoms with van der Waals surface area (Å²) in [6.07, 6.45) is 2.06. The van der Waals surface area contributed by atoms with Gasteiger partial charge in [0.2, 0.25) is 0 Å². The maximum atomic E-state index is 4.55. The molecule has 0 saturated carbocycles. The van der Waals surface area contributed by atoms with E-state index in [9.17, 15) is 0 Å². The fraction of sp³-hybridized carbons (Fsp3) is 0.786. The van der Waals surface area contributed by atoms with Crippen LogP contribution in [-0.4, -0.2) is 58.9 Å². The molecule has 2 heterocycles. The van der Waals surface area contributed by atoms with Crippen LogP contribution in [0.5, 0.6) is 0 Å². The summed E-state index contributed by atoms with van der Waals surface area (Å²) in [5.74, 6) is 2.48. The molecule has 0 spiro atoms. The number of aromatic nitrogens is 2. The fourth-order valence-electron chi connectivity index (χ4n) is 2.72. The summed E-state index contributed by atoms with van der Waals surface area (Å²) in [6, 6.07) is 3.36. The normalized spacial score (nSPS) is 22.6. The third kappa shape index (κ3) is 3.52. The number of rotatable bonds is 5. The minimum absolute atomic E-state index is 0.498. The van der Waals surface area contributed by atoms with Gasteiger partial charge in [-0.15, -0.1) is 0 Å². The van der Waals surface area contributed by atoms with E-state index in [4.69, 9.17) is 0 Å². The standard InChI is InChI=1S/C14H26N4S/c1-5-11-8-12(18(4)16-11)9-13(15-2)14-10-19-7-6-17(14)3/h8,13-15H,5-7,9-10H2,1-4H3. The van der Waals surface area contributed by atoms with Crippen molar-refractivity contribution >= 4 is 11.8 Å². The van der Waals surface area contributed by atoms with Crippen LogP contribution < -0.4 is 5.32 Å². The molecule has 1 aliphatic rings. The third-order valence-corrected chi connectivity index (χ3v) is 5.15. The van der Waals surface area contributed by atoms with Crippen LogP contribution in [0.1, 0.15) is 18.3 Å². The van der Waals surface area contributed by atoms with Gasteiger partial charge < -0.3 is 10.2 Å². The van der Waals surface area contributed by atoms with Crippen molar-refractivity contribution in [2.75, 3.05) is 32.1 Å². The van der Waals surface area contributed by atoms with Gasteiger partial charge in [-0.3, -0.25) is 4.68 Å². The van der Waals surface area contributed by atoms with Gasteiger partial charge in [0.05, 0.1) is 5.69 Å². The topological polar surface area (TPSA) is 33.1 Å². The Bertz CT molecular complexity index is 404. The zero-order valence-corrected chi connectivity index (χ0v) is 13.3. The average molecular weight is 282 g/mol. The lowest BCUT2D eigenvalue weighted by atomic mass is 10.0. The highest BCUT2D eigenvalue weighted by atomic mass is 32.2. The van der Waals surface area contributed by atoms with Crippen LogP contribution in [0.2, 0.25) is 0 Å².